The van der Waals surface area contributed by atoms with Gasteiger partial charge in [-0.3, -0.25) is 9.59 Å². The van der Waals surface area contributed by atoms with Gasteiger partial charge in [0.2, 0.25) is 5.91 Å². The van der Waals surface area contributed by atoms with E-state index >= 15 is 0 Å². The van der Waals surface area contributed by atoms with Gasteiger partial charge in [0.25, 0.3) is 5.91 Å². The molecule has 1 aromatic carbocycles. The molecule has 1 heterocycles. The summed E-state index contributed by atoms with van der Waals surface area (Å²) in [6, 6.07) is 8.44. The second-order valence-corrected chi connectivity index (χ2v) is 8.04. The zero-order chi connectivity index (χ0) is 20.2. The summed E-state index contributed by atoms with van der Waals surface area (Å²) < 4.78 is 20.2. The minimum absolute atomic E-state index is 0.0842. The molecular formula is C23H27FN2O3. The number of rotatable bonds is 6. The van der Waals surface area contributed by atoms with Crippen molar-refractivity contribution in [3.8, 4) is 0 Å². The first kappa shape index (κ1) is 19.7. The number of nitrogens with zero attached hydrogens (tertiary/aromatic N) is 1. The van der Waals surface area contributed by atoms with Crippen LogP contribution in [0.3, 0.4) is 0 Å². The van der Waals surface area contributed by atoms with Crippen LogP contribution in [0.5, 0.6) is 0 Å². The van der Waals surface area contributed by atoms with Gasteiger partial charge in [0.15, 0.2) is 5.76 Å². The number of benzene rings is 1. The van der Waals surface area contributed by atoms with E-state index in [-0.39, 0.29) is 35.2 Å². The van der Waals surface area contributed by atoms with Crippen LogP contribution in [0.1, 0.15) is 73.5 Å². The fourth-order valence-electron chi connectivity index (χ4n) is 4.67. The Morgan fingerprint density at radius 3 is 2.34 bits per heavy atom. The van der Waals surface area contributed by atoms with Crippen LogP contribution in [0, 0.1) is 5.82 Å². The molecule has 0 radical (unpaired) electrons. The van der Waals surface area contributed by atoms with Crippen molar-refractivity contribution in [2.75, 3.05) is 0 Å². The van der Waals surface area contributed by atoms with Crippen molar-refractivity contribution in [3.05, 3.63) is 59.8 Å². The molecule has 1 atom stereocenters. The van der Waals surface area contributed by atoms with Gasteiger partial charge in [0, 0.05) is 17.6 Å². The zero-order valence-electron chi connectivity index (χ0n) is 16.5. The Kier molecular flexibility index (Phi) is 5.97. The first-order valence-electron chi connectivity index (χ1n) is 10.6. The smallest absolute Gasteiger partial charge is 0.290 e. The molecule has 2 saturated carbocycles. The average Bonchev–Trinajstić information content (AvgIpc) is 3.49. The minimum atomic E-state index is -1.02. The summed E-state index contributed by atoms with van der Waals surface area (Å²) in [4.78, 5) is 28.4. The van der Waals surface area contributed by atoms with Gasteiger partial charge >= 0.3 is 0 Å². The molecule has 0 aliphatic heterocycles. The minimum Gasteiger partial charge on any atom is -0.459 e. The van der Waals surface area contributed by atoms with E-state index in [0.29, 0.717) is 0 Å². The highest BCUT2D eigenvalue weighted by Gasteiger charge is 2.40. The fraction of sp³-hybridized carbons (Fsp3) is 0.478. The number of hydrogen-bond donors (Lipinski definition) is 1. The van der Waals surface area contributed by atoms with E-state index in [2.05, 4.69) is 5.32 Å². The number of carbonyl (C=O) groups is 2. The zero-order valence-corrected chi connectivity index (χ0v) is 16.5. The largest absolute Gasteiger partial charge is 0.459 e. The van der Waals surface area contributed by atoms with Crippen LogP contribution in [0.4, 0.5) is 4.39 Å². The number of halogens is 1. The monoisotopic (exact) mass is 398 g/mol. The van der Waals surface area contributed by atoms with Gasteiger partial charge in [0.1, 0.15) is 11.9 Å². The van der Waals surface area contributed by atoms with E-state index in [1.54, 1.807) is 35.2 Å². The molecule has 1 aromatic heterocycles. The predicted octanol–water partition coefficient (Wildman–Crippen LogP) is 4.60. The summed E-state index contributed by atoms with van der Waals surface area (Å²) >= 11 is 0. The van der Waals surface area contributed by atoms with Crippen molar-refractivity contribution in [2.24, 2.45) is 0 Å². The summed E-state index contributed by atoms with van der Waals surface area (Å²) in [5.41, 5.74) is 0.231. The van der Waals surface area contributed by atoms with Gasteiger partial charge in [-0.1, -0.05) is 43.9 Å². The molecule has 2 aromatic rings. The van der Waals surface area contributed by atoms with E-state index in [0.717, 1.165) is 51.4 Å². The van der Waals surface area contributed by atoms with E-state index in [4.69, 9.17) is 4.42 Å². The van der Waals surface area contributed by atoms with E-state index in [9.17, 15) is 14.0 Å². The SMILES string of the molecule is O=C(NC1CCCC1)[C@@H](c1ccccc1F)N(C(=O)c1ccco1)C1CCCC1. The number of carbonyl (C=O) groups excluding carboxylic acids is 2. The normalized spacial score (nSPS) is 18.7. The van der Waals surface area contributed by atoms with E-state index < -0.39 is 11.9 Å². The van der Waals surface area contributed by atoms with Crippen molar-refractivity contribution in [2.45, 2.75) is 69.5 Å². The molecular weight excluding hydrogens is 371 g/mol. The molecule has 4 rings (SSSR count). The van der Waals surface area contributed by atoms with Crippen molar-refractivity contribution < 1.29 is 18.4 Å². The second kappa shape index (κ2) is 8.80. The molecule has 2 amide bonds. The topological polar surface area (TPSA) is 62.6 Å². The van der Waals surface area contributed by atoms with Gasteiger partial charge < -0.3 is 14.6 Å². The number of nitrogens with one attached hydrogen (secondary N) is 1. The van der Waals surface area contributed by atoms with Gasteiger partial charge in [-0.25, -0.2) is 4.39 Å². The highest BCUT2D eigenvalue weighted by atomic mass is 19.1. The maximum absolute atomic E-state index is 14.8. The lowest BCUT2D eigenvalue weighted by molar-refractivity contribution is -0.127. The summed E-state index contributed by atoms with van der Waals surface area (Å²) in [7, 11) is 0. The van der Waals surface area contributed by atoms with Crippen LogP contribution >= 0.6 is 0 Å². The Hall–Kier alpha value is -2.63. The molecule has 6 heteroatoms. The predicted molar refractivity (Wildman–Crippen MR) is 107 cm³/mol. The van der Waals surface area contributed by atoms with Crippen molar-refractivity contribution >= 4 is 11.8 Å². The summed E-state index contributed by atoms with van der Waals surface area (Å²) in [6.45, 7) is 0. The molecule has 2 aliphatic rings. The Balaban J connectivity index is 1.73. The van der Waals surface area contributed by atoms with Crippen molar-refractivity contribution in [1.82, 2.24) is 10.2 Å². The summed E-state index contributed by atoms with van der Waals surface area (Å²) in [6.07, 6.45) is 9.01. The average molecular weight is 398 g/mol. The Labute approximate surface area is 170 Å². The third-order valence-corrected chi connectivity index (χ3v) is 6.11. The maximum atomic E-state index is 14.8. The van der Waals surface area contributed by atoms with Crippen LogP contribution in [-0.2, 0) is 4.79 Å². The first-order chi connectivity index (χ1) is 14.1. The van der Waals surface area contributed by atoms with Gasteiger partial charge in [-0.15, -0.1) is 0 Å². The standard InChI is InChI=1S/C23H27FN2O3/c24-19-13-6-5-12-18(19)21(22(27)25-16-8-1-2-9-16)26(17-10-3-4-11-17)23(28)20-14-7-15-29-20/h5-7,12-17,21H,1-4,8-11H2,(H,25,27)/t21-/m1/s1. The number of furan rings is 1. The molecule has 29 heavy (non-hydrogen) atoms. The van der Waals surface area contributed by atoms with Crippen LogP contribution in [0.15, 0.2) is 47.1 Å². The van der Waals surface area contributed by atoms with Crippen LogP contribution in [0.25, 0.3) is 0 Å². The fourth-order valence-corrected chi connectivity index (χ4v) is 4.67. The lowest BCUT2D eigenvalue weighted by atomic mass is 9.99. The van der Waals surface area contributed by atoms with E-state index in [1.165, 1.54) is 12.3 Å². The quantitative estimate of drug-likeness (QED) is 0.773. The Morgan fingerprint density at radius 2 is 1.69 bits per heavy atom. The number of amides is 2. The Morgan fingerprint density at radius 1 is 1.00 bits per heavy atom. The highest BCUT2D eigenvalue weighted by Crippen LogP contribution is 2.34. The van der Waals surface area contributed by atoms with Gasteiger partial charge in [-0.05, 0) is 43.9 Å². The lowest BCUT2D eigenvalue weighted by Crippen LogP contribution is -2.49. The second-order valence-electron chi connectivity index (χ2n) is 8.04. The lowest BCUT2D eigenvalue weighted by Gasteiger charge is -2.36. The van der Waals surface area contributed by atoms with Crippen LogP contribution in [-0.4, -0.2) is 28.8 Å². The van der Waals surface area contributed by atoms with Crippen molar-refractivity contribution in [1.29, 1.82) is 0 Å². The van der Waals surface area contributed by atoms with Crippen molar-refractivity contribution in [3.63, 3.8) is 0 Å². The highest BCUT2D eigenvalue weighted by molar-refractivity contribution is 5.96. The van der Waals surface area contributed by atoms with E-state index in [1.807, 2.05) is 0 Å². The molecule has 0 spiro atoms. The third kappa shape index (κ3) is 4.21. The molecule has 0 saturated heterocycles. The molecule has 0 bridgehead atoms. The maximum Gasteiger partial charge on any atom is 0.290 e. The van der Waals surface area contributed by atoms with Crippen LogP contribution in [0.2, 0.25) is 0 Å². The van der Waals surface area contributed by atoms with Gasteiger partial charge in [0.05, 0.1) is 6.26 Å². The molecule has 5 nitrogen and oxygen atoms in total. The summed E-state index contributed by atoms with van der Waals surface area (Å²) in [5.74, 6) is -0.980. The van der Waals surface area contributed by atoms with Gasteiger partial charge in [-0.2, -0.15) is 0 Å². The molecule has 2 fully saturated rings. The summed E-state index contributed by atoms with van der Waals surface area (Å²) in [5, 5.41) is 3.08. The number of hydrogen-bond acceptors (Lipinski definition) is 3. The molecule has 2 aliphatic carbocycles. The molecule has 154 valence electrons. The molecule has 0 unspecified atom stereocenters. The molecule has 1 N–H and O–H groups in total. The first-order valence-corrected chi connectivity index (χ1v) is 10.6. The Bertz CT molecular complexity index is 840. The van der Waals surface area contributed by atoms with Crippen LogP contribution < -0.4 is 5.32 Å². The third-order valence-electron chi connectivity index (χ3n) is 6.11.